The maximum absolute atomic E-state index is 12.3. The van der Waals surface area contributed by atoms with Crippen LogP contribution in [0.4, 0.5) is 0 Å². The van der Waals surface area contributed by atoms with Crippen LogP contribution < -0.4 is 0 Å². The van der Waals surface area contributed by atoms with Gasteiger partial charge in [0.05, 0.1) is 17.5 Å². The molecule has 0 amide bonds. The van der Waals surface area contributed by atoms with Gasteiger partial charge in [-0.1, -0.05) is 0 Å². The lowest BCUT2D eigenvalue weighted by molar-refractivity contribution is 0.145. The molecule has 0 aromatic rings. The van der Waals surface area contributed by atoms with E-state index in [1.807, 2.05) is 0 Å². The van der Waals surface area contributed by atoms with Crippen molar-refractivity contribution in [1.82, 2.24) is 0 Å². The van der Waals surface area contributed by atoms with Crippen LogP contribution >= 0.6 is 7.60 Å². The van der Waals surface area contributed by atoms with E-state index < -0.39 is 28.2 Å². The van der Waals surface area contributed by atoms with Gasteiger partial charge in [0.2, 0.25) is 0 Å². The van der Waals surface area contributed by atoms with Gasteiger partial charge in [-0.3, -0.25) is 4.57 Å². The second-order valence-electron chi connectivity index (χ2n) is 4.76. The number of sulfone groups is 1. The Labute approximate surface area is 104 Å². The van der Waals surface area contributed by atoms with Crippen LogP contribution in [0.1, 0.15) is 41.5 Å². The minimum atomic E-state index is -3.59. The average Bonchev–Trinajstić information content (AvgIpc) is 1.96. The minimum absolute atomic E-state index is 0.345. The van der Waals surface area contributed by atoms with Crippen LogP contribution in [0.25, 0.3) is 0 Å². The van der Waals surface area contributed by atoms with Crippen LogP contribution in [0.5, 0.6) is 0 Å². The number of hydrogen-bond acceptors (Lipinski definition) is 5. The lowest BCUT2D eigenvalue weighted by Crippen LogP contribution is -2.21. The molecule has 0 rings (SSSR count). The zero-order chi connectivity index (χ0) is 13.9. The van der Waals surface area contributed by atoms with Gasteiger partial charge in [-0.15, -0.1) is 0 Å². The first kappa shape index (κ1) is 17.1. The van der Waals surface area contributed by atoms with E-state index in [1.54, 1.807) is 41.5 Å². The third kappa shape index (κ3) is 6.55. The molecule has 0 heterocycles. The molecule has 104 valence electrons. The van der Waals surface area contributed by atoms with Gasteiger partial charge in [0.25, 0.3) is 0 Å². The Morgan fingerprint density at radius 1 is 0.941 bits per heavy atom. The Kier molecular flexibility index (Phi) is 6.36. The van der Waals surface area contributed by atoms with Crippen LogP contribution in [0.3, 0.4) is 0 Å². The SMILES string of the molecule is CC(C)OP(=O)(CS(=O)(=O)C(C)C)OC(C)C. The van der Waals surface area contributed by atoms with Crippen LogP contribution in [0.2, 0.25) is 0 Å². The van der Waals surface area contributed by atoms with Gasteiger partial charge < -0.3 is 9.05 Å². The van der Waals surface area contributed by atoms with Crippen LogP contribution in [0.15, 0.2) is 0 Å². The maximum atomic E-state index is 12.3. The zero-order valence-electron chi connectivity index (χ0n) is 11.3. The molecule has 5 nitrogen and oxygen atoms in total. The van der Waals surface area contributed by atoms with Gasteiger partial charge in [-0.2, -0.15) is 0 Å². The Hall–Kier alpha value is 0.100. The molecule has 0 spiro atoms. The molecule has 0 N–H and O–H groups in total. The summed E-state index contributed by atoms with van der Waals surface area (Å²) in [6, 6.07) is 0. The predicted molar refractivity (Wildman–Crippen MR) is 69.0 cm³/mol. The van der Waals surface area contributed by atoms with E-state index in [9.17, 15) is 13.0 Å². The molecule has 0 bridgehead atoms. The summed E-state index contributed by atoms with van der Waals surface area (Å²) < 4.78 is 46.3. The molecule has 0 aliphatic carbocycles. The van der Waals surface area contributed by atoms with Crippen molar-refractivity contribution in [1.29, 1.82) is 0 Å². The molecule has 0 aromatic carbocycles. The van der Waals surface area contributed by atoms with Gasteiger partial charge >= 0.3 is 7.60 Å². The van der Waals surface area contributed by atoms with Gasteiger partial charge in [0.1, 0.15) is 0 Å². The van der Waals surface area contributed by atoms with Gasteiger partial charge in [0.15, 0.2) is 15.3 Å². The van der Waals surface area contributed by atoms with Crippen molar-refractivity contribution in [2.24, 2.45) is 0 Å². The van der Waals surface area contributed by atoms with Crippen molar-refractivity contribution in [3.05, 3.63) is 0 Å². The normalized spacial score (nSPS) is 13.9. The molecule has 0 atom stereocenters. The lowest BCUT2D eigenvalue weighted by Gasteiger charge is -2.23. The molecule has 0 fully saturated rings. The molecular formula is C10H23O5PS. The molecule has 0 aromatic heterocycles. The summed E-state index contributed by atoms with van der Waals surface area (Å²) in [7, 11) is -7.06. The molecule has 0 unspecified atom stereocenters. The lowest BCUT2D eigenvalue weighted by atomic mass is 10.5. The van der Waals surface area contributed by atoms with E-state index >= 15 is 0 Å². The Morgan fingerprint density at radius 3 is 1.53 bits per heavy atom. The average molecular weight is 286 g/mol. The van der Waals surface area contributed by atoms with Crippen LogP contribution in [0, 0.1) is 0 Å². The fourth-order valence-corrected chi connectivity index (χ4v) is 5.87. The monoisotopic (exact) mass is 286 g/mol. The number of rotatable bonds is 7. The second-order valence-corrected chi connectivity index (χ2v) is 9.70. The van der Waals surface area contributed by atoms with Crippen molar-refractivity contribution in [2.45, 2.75) is 59.0 Å². The summed E-state index contributed by atoms with van der Waals surface area (Å²) in [6.07, 6.45) is -0.691. The molecule has 0 aliphatic rings. The van der Waals surface area contributed by atoms with E-state index in [2.05, 4.69) is 0 Å². The molecular weight excluding hydrogens is 263 g/mol. The standard InChI is InChI=1S/C10H23O5PS/c1-8(2)14-16(11,15-9(3)4)7-17(12,13)10(5)6/h8-10H,7H2,1-6H3. The third-order valence-electron chi connectivity index (χ3n) is 1.80. The van der Waals surface area contributed by atoms with Crippen molar-refractivity contribution in [2.75, 3.05) is 5.49 Å². The topological polar surface area (TPSA) is 69.7 Å². The molecule has 0 aliphatic heterocycles. The van der Waals surface area contributed by atoms with E-state index in [4.69, 9.17) is 9.05 Å². The first-order chi connectivity index (χ1) is 7.48. The fourth-order valence-electron chi connectivity index (χ4n) is 1.10. The summed E-state index contributed by atoms with van der Waals surface area (Å²) in [4.78, 5) is 0. The quantitative estimate of drug-likeness (QED) is 0.673. The highest BCUT2D eigenvalue weighted by Crippen LogP contribution is 2.51. The van der Waals surface area contributed by atoms with Gasteiger partial charge in [-0.25, -0.2) is 8.42 Å². The molecule has 0 radical (unpaired) electrons. The Bertz CT molecular complexity index is 358. The van der Waals surface area contributed by atoms with E-state index in [0.29, 0.717) is 0 Å². The van der Waals surface area contributed by atoms with E-state index in [0.717, 1.165) is 0 Å². The van der Waals surface area contributed by atoms with E-state index in [1.165, 1.54) is 0 Å². The smallest absolute Gasteiger partial charge is 0.305 e. The predicted octanol–water partition coefficient (Wildman–Crippen LogP) is 2.81. The van der Waals surface area contributed by atoms with Crippen molar-refractivity contribution >= 4 is 17.4 Å². The first-order valence-electron chi connectivity index (χ1n) is 5.66. The molecule has 17 heavy (non-hydrogen) atoms. The summed E-state index contributed by atoms with van der Waals surface area (Å²) in [5.41, 5.74) is -0.561. The summed E-state index contributed by atoms with van der Waals surface area (Å²) >= 11 is 0. The third-order valence-corrected chi connectivity index (χ3v) is 7.43. The summed E-state index contributed by atoms with van der Waals surface area (Å²) in [5.74, 6) is 0. The van der Waals surface area contributed by atoms with Crippen molar-refractivity contribution < 1.29 is 22.0 Å². The van der Waals surface area contributed by atoms with Gasteiger partial charge in [-0.05, 0) is 41.5 Å². The van der Waals surface area contributed by atoms with Crippen molar-refractivity contribution in [3.63, 3.8) is 0 Å². The highest BCUT2D eigenvalue weighted by molar-refractivity contribution is 7.98. The summed E-state index contributed by atoms with van der Waals surface area (Å²) in [6.45, 7) is 9.86. The highest BCUT2D eigenvalue weighted by atomic mass is 32.2. The molecule has 0 saturated carbocycles. The minimum Gasteiger partial charge on any atom is -0.305 e. The van der Waals surface area contributed by atoms with Gasteiger partial charge in [0, 0.05) is 0 Å². The summed E-state index contributed by atoms with van der Waals surface area (Å²) in [5, 5.41) is -0.595. The molecule has 7 heteroatoms. The van der Waals surface area contributed by atoms with Crippen LogP contribution in [-0.4, -0.2) is 31.4 Å². The first-order valence-corrected chi connectivity index (χ1v) is 9.10. The Morgan fingerprint density at radius 2 is 1.29 bits per heavy atom. The maximum Gasteiger partial charge on any atom is 0.346 e. The fraction of sp³-hybridized carbons (Fsp3) is 1.00. The van der Waals surface area contributed by atoms with Crippen molar-refractivity contribution in [3.8, 4) is 0 Å². The Balaban J connectivity index is 5.02. The van der Waals surface area contributed by atoms with E-state index in [-0.39, 0.29) is 12.2 Å². The zero-order valence-corrected chi connectivity index (χ0v) is 13.0. The van der Waals surface area contributed by atoms with Crippen LogP contribution in [-0.2, 0) is 23.4 Å². The highest BCUT2D eigenvalue weighted by Gasteiger charge is 2.35. The largest absolute Gasteiger partial charge is 0.346 e. The number of hydrogen-bond donors (Lipinski definition) is 0. The molecule has 0 saturated heterocycles. The second kappa shape index (κ2) is 6.32.